The number of aryl methyl sites for hydroxylation is 1. The first-order chi connectivity index (χ1) is 6.20. The van der Waals surface area contributed by atoms with E-state index in [1.165, 1.54) is 5.56 Å². The van der Waals surface area contributed by atoms with Gasteiger partial charge < -0.3 is 4.74 Å². The zero-order chi connectivity index (χ0) is 9.42. The van der Waals surface area contributed by atoms with E-state index >= 15 is 0 Å². The third-order valence-corrected chi connectivity index (χ3v) is 2.40. The van der Waals surface area contributed by atoms with Crippen LogP contribution in [0.2, 0.25) is 0 Å². The quantitative estimate of drug-likeness (QED) is 0.658. The van der Waals surface area contributed by atoms with E-state index in [9.17, 15) is 0 Å². The fraction of sp³-hybridized carbons (Fsp3) is 0.600. The predicted octanol–water partition coefficient (Wildman–Crippen LogP) is 1.84. The van der Waals surface area contributed by atoms with Gasteiger partial charge in [0.2, 0.25) is 0 Å². The van der Waals surface area contributed by atoms with Gasteiger partial charge in [-0.15, -0.1) is 0 Å². The van der Waals surface area contributed by atoms with Gasteiger partial charge in [0.1, 0.15) is 11.4 Å². The maximum absolute atomic E-state index is 5.57. The van der Waals surface area contributed by atoms with Crippen molar-refractivity contribution >= 4 is 0 Å². The lowest BCUT2D eigenvalue weighted by Crippen LogP contribution is -2.01. The first-order valence-electron chi connectivity index (χ1n) is 4.69. The molecule has 0 aliphatic carbocycles. The van der Waals surface area contributed by atoms with Crippen LogP contribution >= 0.6 is 0 Å². The number of hydrogen-bond acceptors (Lipinski definition) is 3. The summed E-state index contributed by atoms with van der Waals surface area (Å²) >= 11 is 0. The molecule has 1 aromatic rings. The summed E-state index contributed by atoms with van der Waals surface area (Å²) < 4.78 is 5.57. The van der Waals surface area contributed by atoms with Gasteiger partial charge in [0.25, 0.3) is 0 Å². The van der Waals surface area contributed by atoms with Crippen LogP contribution < -0.4 is 4.74 Å². The van der Waals surface area contributed by atoms with Gasteiger partial charge in [0.05, 0.1) is 12.3 Å². The van der Waals surface area contributed by atoms with Gasteiger partial charge in [-0.2, -0.15) is 10.2 Å². The molecule has 0 aromatic carbocycles. The highest BCUT2D eigenvalue weighted by Gasteiger charge is 2.22. The summed E-state index contributed by atoms with van der Waals surface area (Å²) in [5.41, 5.74) is 3.26. The smallest absolute Gasteiger partial charge is 0.148 e. The summed E-state index contributed by atoms with van der Waals surface area (Å²) in [6.45, 7) is 7.00. The molecule has 13 heavy (non-hydrogen) atoms. The Morgan fingerprint density at radius 2 is 2.08 bits per heavy atom. The van der Waals surface area contributed by atoms with Gasteiger partial charge in [-0.25, -0.2) is 0 Å². The number of aromatic nitrogens is 2. The third kappa shape index (κ3) is 1.28. The summed E-state index contributed by atoms with van der Waals surface area (Å²) in [6.07, 6.45) is 0.983. The standard InChI is InChI=1S/C10H14N2O/c1-6(2)9-10-8(4-5-13-10)7(3)11-12-9/h6H,4-5H2,1-3H3. The SMILES string of the molecule is Cc1nnc(C(C)C)c2c1CCO2. The zero-order valence-corrected chi connectivity index (χ0v) is 8.29. The first-order valence-corrected chi connectivity index (χ1v) is 4.69. The molecule has 1 aliphatic rings. The van der Waals surface area contributed by atoms with E-state index in [1.807, 2.05) is 6.92 Å². The Bertz CT molecular complexity index is 334. The van der Waals surface area contributed by atoms with Crippen molar-refractivity contribution < 1.29 is 4.74 Å². The Balaban J connectivity index is 2.56. The molecule has 0 atom stereocenters. The molecule has 1 aliphatic heterocycles. The normalized spacial score (nSPS) is 14.5. The summed E-state index contributed by atoms with van der Waals surface area (Å²) in [4.78, 5) is 0. The highest BCUT2D eigenvalue weighted by atomic mass is 16.5. The van der Waals surface area contributed by atoms with Crippen LogP contribution in [0.1, 0.15) is 36.7 Å². The lowest BCUT2D eigenvalue weighted by atomic mass is 10.1. The van der Waals surface area contributed by atoms with E-state index in [2.05, 4.69) is 24.0 Å². The predicted molar refractivity (Wildman–Crippen MR) is 50.1 cm³/mol. The van der Waals surface area contributed by atoms with Crippen molar-refractivity contribution in [3.63, 3.8) is 0 Å². The third-order valence-electron chi connectivity index (χ3n) is 2.40. The Morgan fingerprint density at radius 1 is 1.31 bits per heavy atom. The van der Waals surface area contributed by atoms with E-state index < -0.39 is 0 Å². The highest BCUT2D eigenvalue weighted by molar-refractivity contribution is 5.42. The van der Waals surface area contributed by atoms with Crippen LogP contribution in [0.25, 0.3) is 0 Å². The molecule has 3 nitrogen and oxygen atoms in total. The minimum Gasteiger partial charge on any atom is -0.491 e. The molecule has 1 aromatic heterocycles. The largest absolute Gasteiger partial charge is 0.491 e. The highest BCUT2D eigenvalue weighted by Crippen LogP contribution is 2.33. The van der Waals surface area contributed by atoms with E-state index in [0.29, 0.717) is 5.92 Å². The molecular formula is C10H14N2O. The van der Waals surface area contributed by atoms with Crippen molar-refractivity contribution in [2.24, 2.45) is 0 Å². The number of fused-ring (bicyclic) bond motifs is 1. The summed E-state index contributed by atoms with van der Waals surface area (Å²) in [5.74, 6) is 1.38. The molecular weight excluding hydrogens is 164 g/mol. The molecule has 0 bridgehead atoms. The van der Waals surface area contributed by atoms with Crippen molar-refractivity contribution in [1.29, 1.82) is 0 Å². The molecule has 0 saturated carbocycles. The lowest BCUT2D eigenvalue weighted by molar-refractivity contribution is 0.349. The van der Waals surface area contributed by atoms with Crippen molar-refractivity contribution in [1.82, 2.24) is 10.2 Å². The summed E-state index contributed by atoms with van der Waals surface area (Å²) in [7, 11) is 0. The van der Waals surface area contributed by atoms with E-state index in [4.69, 9.17) is 4.74 Å². The molecule has 0 amide bonds. The van der Waals surface area contributed by atoms with Crippen molar-refractivity contribution in [2.75, 3.05) is 6.61 Å². The van der Waals surface area contributed by atoms with Crippen LogP contribution in [0.5, 0.6) is 5.75 Å². The van der Waals surface area contributed by atoms with Gasteiger partial charge in [0.15, 0.2) is 0 Å². The average molecular weight is 178 g/mol. The minimum absolute atomic E-state index is 0.389. The molecule has 70 valence electrons. The minimum atomic E-state index is 0.389. The molecule has 0 saturated heterocycles. The fourth-order valence-corrected chi connectivity index (χ4v) is 1.64. The lowest BCUT2D eigenvalue weighted by Gasteiger charge is -2.09. The fourth-order valence-electron chi connectivity index (χ4n) is 1.64. The number of rotatable bonds is 1. The van der Waals surface area contributed by atoms with Crippen LogP contribution in [0.4, 0.5) is 0 Å². The van der Waals surface area contributed by atoms with Gasteiger partial charge in [0, 0.05) is 17.9 Å². The second-order valence-corrected chi connectivity index (χ2v) is 3.73. The zero-order valence-electron chi connectivity index (χ0n) is 8.29. The van der Waals surface area contributed by atoms with Crippen LogP contribution in [0, 0.1) is 6.92 Å². The van der Waals surface area contributed by atoms with Crippen LogP contribution in [-0.4, -0.2) is 16.8 Å². The second kappa shape index (κ2) is 2.98. The molecule has 0 radical (unpaired) electrons. The number of hydrogen-bond donors (Lipinski definition) is 0. The molecule has 2 rings (SSSR count). The Morgan fingerprint density at radius 3 is 2.77 bits per heavy atom. The monoisotopic (exact) mass is 178 g/mol. The van der Waals surface area contributed by atoms with E-state index in [1.54, 1.807) is 0 Å². The molecule has 0 spiro atoms. The van der Waals surface area contributed by atoms with Crippen LogP contribution in [0.15, 0.2) is 0 Å². The number of ether oxygens (including phenoxy) is 1. The maximum atomic E-state index is 5.57. The van der Waals surface area contributed by atoms with Crippen LogP contribution in [-0.2, 0) is 6.42 Å². The van der Waals surface area contributed by atoms with Gasteiger partial charge in [-0.05, 0) is 6.92 Å². The van der Waals surface area contributed by atoms with Crippen LogP contribution in [0.3, 0.4) is 0 Å². The van der Waals surface area contributed by atoms with Gasteiger partial charge in [-0.3, -0.25) is 0 Å². The van der Waals surface area contributed by atoms with Gasteiger partial charge >= 0.3 is 0 Å². The van der Waals surface area contributed by atoms with E-state index in [0.717, 1.165) is 30.2 Å². The topological polar surface area (TPSA) is 35.0 Å². The molecule has 0 fully saturated rings. The first kappa shape index (κ1) is 8.48. The molecule has 0 N–H and O–H groups in total. The maximum Gasteiger partial charge on any atom is 0.148 e. The second-order valence-electron chi connectivity index (χ2n) is 3.73. The number of nitrogens with zero attached hydrogens (tertiary/aromatic N) is 2. The van der Waals surface area contributed by atoms with Crippen molar-refractivity contribution in [3.05, 3.63) is 17.0 Å². The van der Waals surface area contributed by atoms with Crippen molar-refractivity contribution in [3.8, 4) is 5.75 Å². The molecule has 3 heteroatoms. The Kier molecular flexibility index (Phi) is 1.94. The Hall–Kier alpha value is -1.12. The molecule has 2 heterocycles. The van der Waals surface area contributed by atoms with Crippen molar-refractivity contribution in [2.45, 2.75) is 33.1 Å². The van der Waals surface area contributed by atoms with E-state index in [-0.39, 0.29) is 0 Å². The summed E-state index contributed by atoms with van der Waals surface area (Å²) in [6, 6.07) is 0. The summed E-state index contributed by atoms with van der Waals surface area (Å²) in [5, 5.41) is 8.32. The average Bonchev–Trinajstić information content (AvgIpc) is 2.53. The Labute approximate surface area is 78.1 Å². The molecule has 0 unspecified atom stereocenters. The van der Waals surface area contributed by atoms with Gasteiger partial charge in [-0.1, -0.05) is 13.8 Å².